The molecule has 0 bridgehead atoms. The predicted octanol–water partition coefficient (Wildman–Crippen LogP) is 1.38. The van der Waals surface area contributed by atoms with Gasteiger partial charge in [0.05, 0.1) is 6.42 Å². The fourth-order valence-corrected chi connectivity index (χ4v) is 3.28. The molecule has 0 aliphatic rings. The molecule has 0 fully saturated rings. The standard InChI is InChI=1S/C17H17BrN4O3/c1-10(23)7-13-19-15-14(16(24)21(3)17(25)20(15)2)22(13)9-11-5-4-6-12(18)8-11/h4-6,8H,7,9H2,1-3H3. The van der Waals surface area contributed by atoms with E-state index in [-0.39, 0.29) is 12.2 Å². The maximum atomic E-state index is 12.7. The van der Waals surface area contributed by atoms with Crippen molar-refractivity contribution in [3.63, 3.8) is 0 Å². The lowest BCUT2D eigenvalue weighted by Gasteiger charge is -2.09. The molecule has 3 rings (SSSR count). The minimum atomic E-state index is -0.445. The van der Waals surface area contributed by atoms with Gasteiger partial charge in [-0.1, -0.05) is 28.1 Å². The molecule has 2 heterocycles. The number of hydrogen-bond acceptors (Lipinski definition) is 4. The van der Waals surface area contributed by atoms with E-state index in [0.29, 0.717) is 23.5 Å². The van der Waals surface area contributed by atoms with Crippen LogP contribution in [0.4, 0.5) is 0 Å². The number of aromatic nitrogens is 4. The number of fused-ring (bicyclic) bond motifs is 1. The van der Waals surface area contributed by atoms with E-state index in [9.17, 15) is 14.4 Å². The lowest BCUT2D eigenvalue weighted by Crippen LogP contribution is -2.37. The average molecular weight is 405 g/mol. The maximum absolute atomic E-state index is 12.7. The van der Waals surface area contributed by atoms with Gasteiger partial charge in [-0.2, -0.15) is 0 Å². The number of rotatable bonds is 4. The van der Waals surface area contributed by atoms with Gasteiger partial charge in [-0.15, -0.1) is 0 Å². The Balaban J connectivity index is 2.32. The highest BCUT2D eigenvalue weighted by Gasteiger charge is 2.20. The molecule has 0 atom stereocenters. The summed E-state index contributed by atoms with van der Waals surface area (Å²) in [7, 11) is 3.00. The minimum Gasteiger partial charge on any atom is -0.317 e. The summed E-state index contributed by atoms with van der Waals surface area (Å²) in [5.41, 5.74) is 0.698. The number of benzene rings is 1. The molecule has 8 heteroatoms. The number of halogens is 1. The largest absolute Gasteiger partial charge is 0.332 e. The van der Waals surface area contributed by atoms with Crippen LogP contribution in [-0.4, -0.2) is 24.5 Å². The van der Waals surface area contributed by atoms with Crippen LogP contribution >= 0.6 is 15.9 Å². The summed E-state index contributed by atoms with van der Waals surface area (Å²) in [6, 6.07) is 7.68. The van der Waals surface area contributed by atoms with Crippen molar-refractivity contribution in [2.24, 2.45) is 14.1 Å². The number of carbonyl (C=O) groups excluding carboxylic acids is 1. The second-order valence-corrected chi connectivity index (χ2v) is 6.92. The number of ketones is 1. The lowest BCUT2D eigenvalue weighted by molar-refractivity contribution is -0.116. The van der Waals surface area contributed by atoms with Gasteiger partial charge in [0.25, 0.3) is 5.56 Å². The lowest BCUT2D eigenvalue weighted by atomic mass is 10.2. The second kappa shape index (κ2) is 6.44. The molecule has 0 aliphatic carbocycles. The highest BCUT2D eigenvalue weighted by atomic mass is 79.9. The molecule has 0 radical (unpaired) electrons. The molecule has 0 aliphatic heterocycles. The molecule has 3 aromatic rings. The minimum absolute atomic E-state index is 0.0624. The third kappa shape index (κ3) is 3.09. The molecule has 130 valence electrons. The summed E-state index contributed by atoms with van der Waals surface area (Å²) in [4.78, 5) is 40.9. The molecule has 0 unspecified atom stereocenters. The summed E-state index contributed by atoms with van der Waals surface area (Å²) in [5, 5.41) is 0. The van der Waals surface area contributed by atoms with Gasteiger partial charge in [0.15, 0.2) is 11.2 Å². The molecule has 0 saturated carbocycles. The van der Waals surface area contributed by atoms with Crippen molar-refractivity contribution in [2.45, 2.75) is 19.9 Å². The summed E-state index contributed by atoms with van der Waals surface area (Å²) in [5.74, 6) is 0.411. The summed E-state index contributed by atoms with van der Waals surface area (Å²) in [6.07, 6.45) is 0.0972. The Bertz CT molecular complexity index is 1110. The van der Waals surface area contributed by atoms with Gasteiger partial charge in [0.2, 0.25) is 0 Å². The van der Waals surface area contributed by atoms with Gasteiger partial charge in [-0.25, -0.2) is 9.78 Å². The van der Waals surface area contributed by atoms with Gasteiger partial charge >= 0.3 is 5.69 Å². The fourth-order valence-electron chi connectivity index (χ4n) is 2.84. The molecule has 7 nitrogen and oxygen atoms in total. The van der Waals surface area contributed by atoms with Crippen LogP contribution in [0.2, 0.25) is 0 Å². The molecule has 1 aromatic carbocycles. The zero-order valence-corrected chi connectivity index (χ0v) is 15.7. The van der Waals surface area contributed by atoms with Crippen LogP contribution in [0.5, 0.6) is 0 Å². The predicted molar refractivity (Wildman–Crippen MR) is 97.8 cm³/mol. The molecule has 0 amide bonds. The number of aryl methyl sites for hydroxylation is 1. The number of hydrogen-bond donors (Lipinski definition) is 0. The van der Waals surface area contributed by atoms with Crippen molar-refractivity contribution in [1.29, 1.82) is 0 Å². The van der Waals surface area contributed by atoms with Crippen molar-refractivity contribution in [1.82, 2.24) is 18.7 Å². The van der Waals surface area contributed by atoms with Gasteiger partial charge in [0, 0.05) is 25.1 Å². The Morgan fingerprint density at radius 1 is 1.20 bits per heavy atom. The molecule has 0 N–H and O–H groups in total. The number of imidazole rings is 1. The number of Topliss-reactive ketones (excluding diaryl/α,β-unsaturated/α-hetero) is 1. The quantitative estimate of drug-likeness (QED) is 0.657. The molecule has 2 aromatic heterocycles. The van der Waals surface area contributed by atoms with Crippen molar-refractivity contribution in [3.05, 3.63) is 61.0 Å². The molecular formula is C17H17BrN4O3. The third-order valence-corrected chi connectivity index (χ3v) is 4.56. The first-order valence-electron chi connectivity index (χ1n) is 7.68. The maximum Gasteiger partial charge on any atom is 0.332 e. The van der Waals surface area contributed by atoms with E-state index >= 15 is 0 Å². The van der Waals surface area contributed by atoms with Crippen LogP contribution in [0.1, 0.15) is 18.3 Å². The van der Waals surface area contributed by atoms with E-state index in [1.165, 1.54) is 18.5 Å². The fraction of sp³-hybridized carbons (Fsp3) is 0.294. The first-order valence-corrected chi connectivity index (χ1v) is 8.48. The van der Waals surface area contributed by atoms with Crippen LogP contribution < -0.4 is 11.2 Å². The van der Waals surface area contributed by atoms with Crippen LogP contribution in [0.25, 0.3) is 11.2 Å². The summed E-state index contributed by atoms with van der Waals surface area (Å²) >= 11 is 3.43. The summed E-state index contributed by atoms with van der Waals surface area (Å²) < 4.78 is 5.03. The van der Waals surface area contributed by atoms with Crippen LogP contribution in [0.3, 0.4) is 0 Å². The molecule has 25 heavy (non-hydrogen) atoms. The first kappa shape index (κ1) is 17.3. The monoisotopic (exact) mass is 404 g/mol. The van der Waals surface area contributed by atoms with Crippen LogP contribution in [0.15, 0.2) is 38.3 Å². The van der Waals surface area contributed by atoms with Crippen LogP contribution in [-0.2, 0) is 31.9 Å². The summed E-state index contributed by atoms with van der Waals surface area (Å²) in [6.45, 7) is 1.85. The van der Waals surface area contributed by atoms with Crippen molar-refractivity contribution in [3.8, 4) is 0 Å². The smallest absolute Gasteiger partial charge is 0.317 e. The van der Waals surface area contributed by atoms with Gasteiger partial charge in [0.1, 0.15) is 11.6 Å². The molecular weight excluding hydrogens is 388 g/mol. The zero-order chi connectivity index (χ0) is 18.3. The van der Waals surface area contributed by atoms with E-state index in [1.54, 1.807) is 11.6 Å². The highest BCUT2D eigenvalue weighted by Crippen LogP contribution is 2.17. The number of nitrogens with zero attached hydrogens (tertiary/aromatic N) is 4. The normalized spacial score (nSPS) is 11.2. The van der Waals surface area contributed by atoms with E-state index in [2.05, 4.69) is 20.9 Å². The van der Waals surface area contributed by atoms with Gasteiger partial charge in [-0.3, -0.25) is 18.7 Å². The number of carbonyl (C=O) groups is 1. The average Bonchev–Trinajstić information content (AvgIpc) is 2.89. The Kier molecular flexibility index (Phi) is 4.47. The van der Waals surface area contributed by atoms with Crippen molar-refractivity contribution >= 4 is 32.9 Å². The van der Waals surface area contributed by atoms with E-state index in [0.717, 1.165) is 14.6 Å². The Labute approximate surface area is 151 Å². The Hall–Kier alpha value is -2.48. The molecule has 0 saturated heterocycles. The van der Waals surface area contributed by atoms with Crippen molar-refractivity contribution < 1.29 is 4.79 Å². The van der Waals surface area contributed by atoms with E-state index in [4.69, 9.17) is 0 Å². The first-order chi connectivity index (χ1) is 11.8. The Morgan fingerprint density at radius 2 is 1.92 bits per heavy atom. The third-order valence-electron chi connectivity index (χ3n) is 4.06. The van der Waals surface area contributed by atoms with E-state index < -0.39 is 11.2 Å². The SMILES string of the molecule is CC(=O)Cc1nc2c(c(=O)n(C)c(=O)n2C)n1Cc1cccc(Br)c1. The van der Waals surface area contributed by atoms with Crippen LogP contribution in [0, 0.1) is 0 Å². The highest BCUT2D eigenvalue weighted by molar-refractivity contribution is 9.10. The second-order valence-electron chi connectivity index (χ2n) is 6.00. The van der Waals surface area contributed by atoms with Gasteiger partial charge in [-0.05, 0) is 24.6 Å². The van der Waals surface area contributed by atoms with Crippen molar-refractivity contribution in [2.75, 3.05) is 0 Å². The van der Waals surface area contributed by atoms with Gasteiger partial charge < -0.3 is 4.57 Å². The van der Waals surface area contributed by atoms with E-state index in [1.807, 2.05) is 24.3 Å². The topological polar surface area (TPSA) is 78.9 Å². The Morgan fingerprint density at radius 3 is 2.56 bits per heavy atom. The molecule has 0 spiro atoms. The zero-order valence-electron chi connectivity index (χ0n) is 14.1.